The Morgan fingerprint density at radius 2 is 1.71 bits per heavy atom. The summed E-state index contributed by atoms with van der Waals surface area (Å²) >= 11 is 0. The normalized spacial score (nSPS) is 21.3. The van der Waals surface area contributed by atoms with E-state index in [4.69, 9.17) is 0 Å². The summed E-state index contributed by atoms with van der Waals surface area (Å²) in [6, 6.07) is 6.22. The second-order valence-corrected chi connectivity index (χ2v) is 7.93. The van der Waals surface area contributed by atoms with Gasteiger partial charge in [0.2, 0.25) is 15.9 Å². The highest BCUT2D eigenvalue weighted by Gasteiger charge is 2.36. The summed E-state index contributed by atoms with van der Waals surface area (Å²) in [5.41, 5.74) is 0.803. The summed E-state index contributed by atoms with van der Waals surface area (Å²) in [7, 11) is -3.57. The first-order chi connectivity index (χ1) is 11.4. The number of carbonyl (C=O) groups excluding carboxylic acids is 2. The van der Waals surface area contributed by atoms with Crippen LogP contribution in [0, 0.1) is 0 Å². The van der Waals surface area contributed by atoms with E-state index in [1.807, 2.05) is 0 Å². The van der Waals surface area contributed by atoms with Crippen molar-refractivity contribution in [2.24, 2.45) is 0 Å². The Hall–Kier alpha value is -1.93. The fourth-order valence-electron chi connectivity index (χ4n) is 3.06. The third-order valence-electron chi connectivity index (χ3n) is 4.53. The Balaban J connectivity index is 1.73. The molecule has 0 unspecified atom stereocenters. The summed E-state index contributed by atoms with van der Waals surface area (Å²) < 4.78 is 24.7. The van der Waals surface area contributed by atoms with Gasteiger partial charge in [-0.15, -0.1) is 0 Å². The molecule has 0 atom stereocenters. The third kappa shape index (κ3) is 3.16. The molecule has 2 heterocycles. The molecule has 3 rings (SSSR count). The van der Waals surface area contributed by atoms with Crippen molar-refractivity contribution >= 4 is 27.5 Å². The lowest BCUT2D eigenvalue weighted by molar-refractivity contribution is -0.116. The molecule has 0 radical (unpaired) electrons. The SMILES string of the molecule is CCN1CCN(C(=O)c2ccc(N3C(=O)CCS3(=O)=O)cc2)CC1. The lowest BCUT2D eigenvalue weighted by Crippen LogP contribution is -2.48. The van der Waals surface area contributed by atoms with E-state index in [9.17, 15) is 18.0 Å². The number of nitrogens with zero attached hydrogens (tertiary/aromatic N) is 3. The van der Waals surface area contributed by atoms with Gasteiger partial charge in [-0.3, -0.25) is 9.59 Å². The number of likely N-dealkylation sites (N-methyl/N-ethyl adjacent to an activating group) is 1. The van der Waals surface area contributed by atoms with Gasteiger partial charge in [-0.25, -0.2) is 12.7 Å². The first-order valence-electron chi connectivity index (χ1n) is 8.10. The van der Waals surface area contributed by atoms with Crippen molar-refractivity contribution in [3.63, 3.8) is 0 Å². The summed E-state index contributed by atoms with van der Waals surface area (Å²) in [5.74, 6) is -0.647. The second-order valence-electron chi connectivity index (χ2n) is 6.00. The van der Waals surface area contributed by atoms with E-state index in [-0.39, 0.29) is 18.1 Å². The quantitative estimate of drug-likeness (QED) is 0.794. The Bertz CT molecular complexity index is 737. The molecule has 1 aromatic carbocycles. The van der Waals surface area contributed by atoms with Gasteiger partial charge in [0.15, 0.2) is 0 Å². The molecular formula is C16H21N3O4S. The Kier molecular flexibility index (Phi) is 4.60. The molecular weight excluding hydrogens is 330 g/mol. The molecule has 2 saturated heterocycles. The monoisotopic (exact) mass is 351 g/mol. The van der Waals surface area contributed by atoms with Crippen molar-refractivity contribution in [3.8, 4) is 0 Å². The van der Waals surface area contributed by atoms with Crippen molar-refractivity contribution < 1.29 is 18.0 Å². The maximum atomic E-state index is 12.5. The van der Waals surface area contributed by atoms with Gasteiger partial charge in [0.05, 0.1) is 11.4 Å². The van der Waals surface area contributed by atoms with Crippen molar-refractivity contribution in [2.45, 2.75) is 13.3 Å². The molecule has 0 saturated carbocycles. The van der Waals surface area contributed by atoms with Crippen LogP contribution in [0.15, 0.2) is 24.3 Å². The minimum atomic E-state index is -3.57. The standard InChI is InChI=1S/C16H21N3O4S/c1-2-17-8-10-18(11-9-17)16(21)13-3-5-14(6-4-13)19-15(20)7-12-24(19,22)23/h3-6H,2,7-12H2,1H3. The zero-order valence-corrected chi connectivity index (χ0v) is 14.5. The highest BCUT2D eigenvalue weighted by atomic mass is 32.2. The molecule has 0 spiro atoms. The van der Waals surface area contributed by atoms with Crippen LogP contribution in [-0.4, -0.2) is 68.5 Å². The van der Waals surface area contributed by atoms with E-state index in [1.54, 1.807) is 17.0 Å². The summed E-state index contributed by atoms with van der Waals surface area (Å²) in [6.07, 6.45) is 0.00468. The van der Waals surface area contributed by atoms with Gasteiger partial charge in [0.1, 0.15) is 0 Å². The molecule has 2 aliphatic rings. The predicted octanol–water partition coefficient (Wildman–Crippen LogP) is 0.531. The molecule has 7 nitrogen and oxygen atoms in total. The number of benzene rings is 1. The Morgan fingerprint density at radius 3 is 2.21 bits per heavy atom. The summed E-state index contributed by atoms with van der Waals surface area (Å²) in [5, 5.41) is 0. The van der Waals surface area contributed by atoms with Gasteiger partial charge >= 0.3 is 0 Å². The average molecular weight is 351 g/mol. The molecule has 24 heavy (non-hydrogen) atoms. The van der Waals surface area contributed by atoms with Crippen LogP contribution < -0.4 is 4.31 Å². The molecule has 130 valence electrons. The topological polar surface area (TPSA) is 78.0 Å². The van der Waals surface area contributed by atoms with E-state index in [0.29, 0.717) is 24.3 Å². The van der Waals surface area contributed by atoms with Gasteiger partial charge in [-0.1, -0.05) is 6.92 Å². The van der Waals surface area contributed by atoms with Crippen LogP contribution in [0.5, 0.6) is 0 Å². The number of hydrogen-bond acceptors (Lipinski definition) is 5. The molecule has 0 bridgehead atoms. The summed E-state index contributed by atoms with van der Waals surface area (Å²) in [6.45, 7) is 6.18. The Morgan fingerprint density at radius 1 is 1.08 bits per heavy atom. The molecule has 0 N–H and O–H groups in total. The average Bonchev–Trinajstić information content (AvgIpc) is 2.87. The van der Waals surface area contributed by atoms with Crippen LogP contribution in [0.25, 0.3) is 0 Å². The minimum Gasteiger partial charge on any atom is -0.336 e. The molecule has 8 heteroatoms. The zero-order chi connectivity index (χ0) is 17.3. The van der Waals surface area contributed by atoms with E-state index >= 15 is 0 Å². The molecule has 2 aliphatic heterocycles. The molecule has 1 aromatic rings. The largest absolute Gasteiger partial charge is 0.336 e. The van der Waals surface area contributed by atoms with Crippen molar-refractivity contribution in [3.05, 3.63) is 29.8 Å². The van der Waals surface area contributed by atoms with Gasteiger partial charge in [-0.05, 0) is 30.8 Å². The van der Waals surface area contributed by atoms with Crippen LogP contribution in [0.2, 0.25) is 0 Å². The van der Waals surface area contributed by atoms with E-state index < -0.39 is 15.9 Å². The summed E-state index contributed by atoms with van der Waals surface area (Å²) in [4.78, 5) is 28.4. The smallest absolute Gasteiger partial charge is 0.253 e. The van der Waals surface area contributed by atoms with Crippen LogP contribution in [0.3, 0.4) is 0 Å². The maximum Gasteiger partial charge on any atom is 0.253 e. The van der Waals surface area contributed by atoms with Crippen LogP contribution in [0.4, 0.5) is 5.69 Å². The lowest BCUT2D eigenvalue weighted by Gasteiger charge is -2.34. The van der Waals surface area contributed by atoms with E-state index in [0.717, 1.165) is 23.9 Å². The first kappa shape index (κ1) is 16.9. The number of anilines is 1. The molecule has 0 aromatic heterocycles. The number of rotatable bonds is 3. The fraction of sp³-hybridized carbons (Fsp3) is 0.500. The predicted molar refractivity (Wildman–Crippen MR) is 90.3 cm³/mol. The Labute approximate surface area is 141 Å². The van der Waals surface area contributed by atoms with Gasteiger partial charge in [-0.2, -0.15) is 0 Å². The zero-order valence-electron chi connectivity index (χ0n) is 13.6. The maximum absolute atomic E-state index is 12.5. The van der Waals surface area contributed by atoms with Crippen molar-refractivity contribution in [2.75, 3.05) is 42.8 Å². The third-order valence-corrected chi connectivity index (χ3v) is 6.22. The van der Waals surface area contributed by atoms with Gasteiger partial charge < -0.3 is 9.80 Å². The van der Waals surface area contributed by atoms with Crippen LogP contribution >= 0.6 is 0 Å². The number of carbonyl (C=O) groups is 2. The minimum absolute atomic E-state index is 0.00468. The van der Waals surface area contributed by atoms with Crippen LogP contribution in [0.1, 0.15) is 23.7 Å². The number of piperazine rings is 1. The number of hydrogen-bond donors (Lipinski definition) is 0. The van der Waals surface area contributed by atoms with Gasteiger partial charge in [0.25, 0.3) is 5.91 Å². The molecule has 2 fully saturated rings. The van der Waals surface area contributed by atoms with Crippen molar-refractivity contribution in [1.82, 2.24) is 9.80 Å². The van der Waals surface area contributed by atoms with Crippen LogP contribution in [-0.2, 0) is 14.8 Å². The number of sulfonamides is 1. The highest BCUT2D eigenvalue weighted by molar-refractivity contribution is 7.94. The van der Waals surface area contributed by atoms with Crippen molar-refractivity contribution in [1.29, 1.82) is 0 Å². The van der Waals surface area contributed by atoms with E-state index in [1.165, 1.54) is 12.1 Å². The second kappa shape index (κ2) is 6.52. The first-order valence-corrected chi connectivity index (χ1v) is 9.71. The number of amides is 2. The van der Waals surface area contributed by atoms with Gasteiger partial charge in [0, 0.05) is 38.2 Å². The van der Waals surface area contributed by atoms with E-state index in [2.05, 4.69) is 11.8 Å². The lowest BCUT2D eigenvalue weighted by atomic mass is 10.1. The molecule has 0 aliphatic carbocycles. The molecule has 2 amide bonds. The highest BCUT2D eigenvalue weighted by Crippen LogP contribution is 2.25. The fourth-order valence-corrected chi connectivity index (χ4v) is 4.52.